The molecule has 1 saturated carbocycles. The third-order valence-electron chi connectivity index (χ3n) is 6.64. The number of nitrogen functional groups attached to an aromatic ring is 1. The van der Waals surface area contributed by atoms with Crippen LogP contribution in [0.5, 0.6) is 5.75 Å². The lowest BCUT2D eigenvalue weighted by Crippen LogP contribution is -2.44. The predicted molar refractivity (Wildman–Crippen MR) is 128 cm³/mol. The Morgan fingerprint density at radius 1 is 1.44 bits per heavy atom. The number of benzene rings is 1. The van der Waals surface area contributed by atoms with E-state index in [1.165, 1.54) is 0 Å². The number of rotatable bonds is 5. The summed E-state index contributed by atoms with van der Waals surface area (Å²) < 4.78 is 23.3. The Bertz CT molecular complexity index is 1300. The number of likely N-dealkylation sites (N-methyl/N-ethyl adjacent to an activating group) is 1. The zero-order valence-corrected chi connectivity index (χ0v) is 20.4. The SMILES string of the molecule is Cc1nc([C@H]2CC(C)Oc3c2cc(Cl)c(F)c3C(=O)NC2(CN(C)C)CC2)n2ccnc(N)c12. The minimum atomic E-state index is -0.774. The van der Waals surface area contributed by atoms with Crippen molar-refractivity contribution in [1.82, 2.24) is 24.6 Å². The molecule has 3 aromatic rings. The van der Waals surface area contributed by atoms with Gasteiger partial charge in [0, 0.05) is 30.4 Å². The molecule has 5 rings (SSSR count). The number of nitrogens with zero attached hydrogens (tertiary/aromatic N) is 4. The van der Waals surface area contributed by atoms with Gasteiger partial charge in [-0.2, -0.15) is 0 Å². The molecule has 1 aliphatic heterocycles. The summed E-state index contributed by atoms with van der Waals surface area (Å²) >= 11 is 6.33. The second-order valence-corrected chi connectivity index (χ2v) is 10.1. The van der Waals surface area contributed by atoms with E-state index < -0.39 is 11.7 Å². The number of nitrogens with one attached hydrogen (secondary N) is 1. The molecule has 10 heteroatoms. The number of halogens is 2. The molecule has 34 heavy (non-hydrogen) atoms. The lowest BCUT2D eigenvalue weighted by molar-refractivity contribution is 0.0908. The monoisotopic (exact) mass is 486 g/mol. The standard InChI is InChI=1S/C24H28ClFN6O2/c1-12-9-15(22-29-13(2)19-21(27)28-7-8-32(19)22)14-10-16(25)18(26)17(20(14)34-12)23(33)30-24(5-6-24)11-31(3)4/h7-8,10,12,15H,5-6,9,11H2,1-4H3,(H2,27,28)(H,30,33)/t12?,15-/m0/s1. The van der Waals surface area contributed by atoms with Crippen LogP contribution < -0.4 is 15.8 Å². The van der Waals surface area contributed by atoms with Gasteiger partial charge in [-0.3, -0.25) is 9.20 Å². The fourth-order valence-corrected chi connectivity index (χ4v) is 5.28. The van der Waals surface area contributed by atoms with Crippen LogP contribution in [0.3, 0.4) is 0 Å². The van der Waals surface area contributed by atoms with Crippen molar-refractivity contribution in [2.75, 3.05) is 26.4 Å². The number of imidazole rings is 1. The molecule has 1 fully saturated rings. The lowest BCUT2D eigenvalue weighted by atomic mass is 9.87. The van der Waals surface area contributed by atoms with Gasteiger partial charge >= 0.3 is 0 Å². The van der Waals surface area contributed by atoms with Gasteiger partial charge in [0.15, 0.2) is 5.82 Å². The average molecular weight is 487 g/mol. The third-order valence-corrected chi connectivity index (χ3v) is 6.91. The molecule has 2 aromatic heterocycles. The van der Waals surface area contributed by atoms with Crippen LogP contribution in [0.4, 0.5) is 10.2 Å². The van der Waals surface area contributed by atoms with E-state index in [1.54, 1.807) is 18.5 Å². The van der Waals surface area contributed by atoms with Gasteiger partial charge in [0.1, 0.15) is 28.5 Å². The number of amides is 1. The zero-order chi connectivity index (χ0) is 24.4. The highest BCUT2D eigenvalue weighted by molar-refractivity contribution is 6.31. The van der Waals surface area contributed by atoms with E-state index in [1.807, 2.05) is 37.2 Å². The van der Waals surface area contributed by atoms with Crippen LogP contribution in [-0.4, -0.2) is 57.5 Å². The van der Waals surface area contributed by atoms with Gasteiger partial charge in [0.25, 0.3) is 5.91 Å². The average Bonchev–Trinajstić information content (AvgIpc) is 3.40. The zero-order valence-electron chi connectivity index (χ0n) is 19.7. The van der Waals surface area contributed by atoms with Crippen molar-refractivity contribution >= 4 is 28.8 Å². The molecule has 0 saturated heterocycles. The molecule has 2 atom stereocenters. The summed E-state index contributed by atoms with van der Waals surface area (Å²) in [5.74, 6) is -0.237. The largest absolute Gasteiger partial charge is 0.489 e. The quantitative estimate of drug-likeness (QED) is 0.572. The second kappa shape index (κ2) is 8.09. The molecule has 2 aliphatic rings. The van der Waals surface area contributed by atoms with Crippen LogP contribution in [-0.2, 0) is 0 Å². The van der Waals surface area contributed by atoms with Crippen LogP contribution in [0.15, 0.2) is 18.5 Å². The van der Waals surface area contributed by atoms with Crippen LogP contribution in [0.2, 0.25) is 5.02 Å². The number of carbonyl (C=O) groups is 1. The smallest absolute Gasteiger partial charge is 0.258 e. The highest BCUT2D eigenvalue weighted by Crippen LogP contribution is 2.46. The molecule has 8 nitrogen and oxygen atoms in total. The first kappa shape index (κ1) is 22.9. The van der Waals surface area contributed by atoms with E-state index in [9.17, 15) is 4.79 Å². The first-order valence-corrected chi connectivity index (χ1v) is 11.7. The van der Waals surface area contributed by atoms with Crippen molar-refractivity contribution < 1.29 is 13.9 Å². The molecule has 0 radical (unpaired) electrons. The molecule has 3 N–H and O–H groups in total. The predicted octanol–water partition coefficient (Wildman–Crippen LogP) is 3.54. The molecular weight excluding hydrogens is 459 g/mol. The maximum atomic E-state index is 15.3. The van der Waals surface area contributed by atoms with Crippen LogP contribution >= 0.6 is 11.6 Å². The van der Waals surface area contributed by atoms with E-state index >= 15 is 4.39 Å². The molecular formula is C24H28ClFN6O2. The molecule has 3 heterocycles. The number of hydrogen-bond donors (Lipinski definition) is 2. The number of fused-ring (bicyclic) bond motifs is 2. The van der Waals surface area contributed by atoms with E-state index in [-0.39, 0.29) is 33.9 Å². The summed E-state index contributed by atoms with van der Waals surface area (Å²) in [6.45, 7) is 4.45. The Labute approximate surface area is 202 Å². The Morgan fingerprint density at radius 3 is 2.85 bits per heavy atom. The molecule has 180 valence electrons. The van der Waals surface area contributed by atoms with Crippen LogP contribution in [0, 0.1) is 12.7 Å². The van der Waals surface area contributed by atoms with Crippen molar-refractivity contribution in [3.8, 4) is 5.75 Å². The van der Waals surface area contributed by atoms with Gasteiger partial charge in [-0.1, -0.05) is 11.6 Å². The van der Waals surface area contributed by atoms with Crippen LogP contribution in [0.25, 0.3) is 5.52 Å². The Hall–Kier alpha value is -2.91. The number of hydrogen-bond acceptors (Lipinski definition) is 6. The number of nitrogens with two attached hydrogens (primary N) is 1. The molecule has 1 amide bonds. The maximum Gasteiger partial charge on any atom is 0.258 e. The Kier molecular flexibility index (Phi) is 5.44. The Balaban J connectivity index is 1.63. The van der Waals surface area contributed by atoms with Crippen LogP contribution in [0.1, 0.15) is 59.5 Å². The van der Waals surface area contributed by atoms with Crippen molar-refractivity contribution in [1.29, 1.82) is 0 Å². The fourth-order valence-electron chi connectivity index (χ4n) is 5.07. The maximum absolute atomic E-state index is 15.3. The second-order valence-electron chi connectivity index (χ2n) is 9.74. The summed E-state index contributed by atoms with van der Waals surface area (Å²) in [7, 11) is 3.89. The van der Waals surface area contributed by atoms with E-state index in [0.717, 1.165) is 29.9 Å². The lowest BCUT2D eigenvalue weighted by Gasteiger charge is -2.32. The van der Waals surface area contributed by atoms with Gasteiger partial charge in [-0.15, -0.1) is 0 Å². The normalized spacial score (nSPS) is 20.8. The first-order valence-electron chi connectivity index (χ1n) is 11.3. The van der Waals surface area contributed by atoms with Gasteiger partial charge in [-0.05, 0) is 53.3 Å². The fraction of sp³-hybridized carbons (Fsp3) is 0.458. The van der Waals surface area contributed by atoms with Crippen molar-refractivity contribution in [3.05, 3.63) is 51.9 Å². The molecule has 1 unspecified atom stereocenters. The molecule has 1 aromatic carbocycles. The third kappa shape index (κ3) is 3.76. The number of aromatic nitrogens is 3. The molecule has 1 aliphatic carbocycles. The summed E-state index contributed by atoms with van der Waals surface area (Å²) in [6, 6.07) is 1.55. The van der Waals surface area contributed by atoms with Gasteiger partial charge < -0.3 is 20.7 Å². The number of carbonyl (C=O) groups excluding carboxylic acids is 1. The minimum Gasteiger partial charge on any atom is -0.489 e. The summed E-state index contributed by atoms with van der Waals surface area (Å²) in [6.07, 6.45) is 5.42. The van der Waals surface area contributed by atoms with Gasteiger partial charge in [0.05, 0.1) is 22.4 Å². The number of anilines is 1. The van der Waals surface area contributed by atoms with Gasteiger partial charge in [-0.25, -0.2) is 14.4 Å². The molecule has 0 spiro atoms. The van der Waals surface area contributed by atoms with E-state index in [2.05, 4.69) is 10.3 Å². The Morgan fingerprint density at radius 2 is 2.18 bits per heavy atom. The van der Waals surface area contributed by atoms with E-state index in [4.69, 9.17) is 27.1 Å². The topological polar surface area (TPSA) is 97.8 Å². The van der Waals surface area contributed by atoms with Crippen molar-refractivity contribution in [2.24, 2.45) is 0 Å². The minimum absolute atomic E-state index is 0.122. The summed E-state index contributed by atoms with van der Waals surface area (Å²) in [5.41, 5.74) is 7.70. The molecule has 0 bridgehead atoms. The highest BCUT2D eigenvalue weighted by Gasteiger charge is 2.46. The first-order chi connectivity index (χ1) is 16.1. The number of aryl methyl sites for hydroxylation is 1. The summed E-state index contributed by atoms with van der Waals surface area (Å²) in [5, 5.41) is 2.92. The highest BCUT2D eigenvalue weighted by atomic mass is 35.5. The van der Waals surface area contributed by atoms with E-state index in [0.29, 0.717) is 24.3 Å². The van der Waals surface area contributed by atoms with Crippen molar-refractivity contribution in [2.45, 2.75) is 50.7 Å². The number of ether oxygens (including phenoxy) is 1. The van der Waals surface area contributed by atoms with Crippen molar-refractivity contribution in [3.63, 3.8) is 0 Å². The van der Waals surface area contributed by atoms with Gasteiger partial charge in [0.2, 0.25) is 0 Å². The summed E-state index contributed by atoms with van der Waals surface area (Å²) in [4.78, 5) is 24.4.